The van der Waals surface area contributed by atoms with E-state index in [2.05, 4.69) is 6.92 Å². The number of Topliss-reactive ketones (excluding diaryl/α,β-unsaturated/α-hetero) is 1. The van der Waals surface area contributed by atoms with Gasteiger partial charge >= 0.3 is 0 Å². The van der Waals surface area contributed by atoms with E-state index in [1.165, 1.54) is 5.56 Å². The van der Waals surface area contributed by atoms with Crippen molar-refractivity contribution in [3.8, 4) is 0 Å². The van der Waals surface area contributed by atoms with E-state index in [1.807, 2.05) is 29.2 Å². The molecule has 5 heteroatoms. The minimum Gasteiger partial charge on any atom is -0.350 e. The van der Waals surface area contributed by atoms with Crippen LogP contribution in [-0.2, 0) is 20.7 Å². The van der Waals surface area contributed by atoms with Crippen molar-refractivity contribution < 1.29 is 19.1 Å². The summed E-state index contributed by atoms with van der Waals surface area (Å²) in [5, 5.41) is 0. The van der Waals surface area contributed by atoms with Gasteiger partial charge in [-0.25, -0.2) is 0 Å². The molecule has 1 amide bonds. The highest BCUT2D eigenvalue weighted by Crippen LogP contribution is 2.26. The molecule has 0 bridgehead atoms. The minimum absolute atomic E-state index is 0.0404. The minimum atomic E-state index is -0.0927. The topological polar surface area (TPSA) is 55.8 Å². The molecule has 0 N–H and O–H groups in total. The van der Waals surface area contributed by atoms with Crippen LogP contribution in [0.3, 0.4) is 0 Å². The van der Waals surface area contributed by atoms with Crippen molar-refractivity contribution in [3.05, 3.63) is 35.4 Å². The Hall–Kier alpha value is -1.72. The summed E-state index contributed by atoms with van der Waals surface area (Å²) in [5.41, 5.74) is 1.91. The first-order valence-electron chi connectivity index (χ1n) is 9.30. The second-order valence-electron chi connectivity index (χ2n) is 6.80. The SMILES string of the molecule is CCc1ccc(C(=O)CCC(=O)N2CCC(C3OCCO3)CC2)cc1. The molecule has 2 saturated heterocycles. The third kappa shape index (κ3) is 4.67. The predicted molar refractivity (Wildman–Crippen MR) is 94.4 cm³/mol. The first-order valence-corrected chi connectivity index (χ1v) is 9.30. The van der Waals surface area contributed by atoms with Gasteiger partial charge in [-0.2, -0.15) is 0 Å². The lowest BCUT2D eigenvalue weighted by molar-refractivity contribution is -0.136. The highest BCUT2D eigenvalue weighted by atomic mass is 16.7. The molecule has 0 saturated carbocycles. The highest BCUT2D eigenvalue weighted by Gasteiger charge is 2.31. The lowest BCUT2D eigenvalue weighted by Crippen LogP contribution is -2.41. The Morgan fingerprint density at radius 3 is 2.28 bits per heavy atom. The van der Waals surface area contributed by atoms with Gasteiger partial charge in [0.25, 0.3) is 0 Å². The summed E-state index contributed by atoms with van der Waals surface area (Å²) in [4.78, 5) is 26.5. The van der Waals surface area contributed by atoms with Gasteiger partial charge in [-0.3, -0.25) is 9.59 Å². The Bertz CT molecular complexity index is 584. The van der Waals surface area contributed by atoms with E-state index in [4.69, 9.17) is 9.47 Å². The van der Waals surface area contributed by atoms with E-state index in [-0.39, 0.29) is 30.8 Å². The number of rotatable bonds is 6. The highest BCUT2D eigenvalue weighted by molar-refractivity contribution is 5.98. The van der Waals surface area contributed by atoms with Gasteiger partial charge in [0.15, 0.2) is 12.1 Å². The molecule has 2 aliphatic rings. The number of hydrogen-bond acceptors (Lipinski definition) is 4. The molecule has 0 atom stereocenters. The van der Waals surface area contributed by atoms with E-state index in [0.717, 1.165) is 32.4 Å². The monoisotopic (exact) mass is 345 g/mol. The zero-order chi connectivity index (χ0) is 17.6. The molecule has 0 radical (unpaired) electrons. The Kier molecular flexibility index (Phi) is 6.21. The van der Waals surface area contributed by atoms with Crippen LogP contribution in [0.1, 0.15) is 48.5 Å². The molecule has 136 valence electrons. The van der Waals surface area contributed by atoms with E-state index < -0.39 is 0 Å². The molecule has 25 heavy (non-hydrogen) atoms. The standard InChI is InChI=1S/C20H27NO4/c1-2-15-3-5-16(6-4-15)18(22)7-8-19(23)21-11-9-17(10-12-21)20-24-13-14-25-20/h3-6,17,20H,2,7-14H2,1H3. The van der Waals surface area contributed by atoms with Gasteiger partial charge < -0.3 is 14.4 Å². The van der Waals surface area contributed by atoms with Gasteiger partial charge in [0.1, 0.15) is 0 Å². The summed E-state index contributed by atoms with van der Waals surface area (Å²) in [6.45, 7) is 4.89. The summed E-state index contributed by atoms with van der Waals surface area (Å²) in [6.07, 6.45) is 3.24. The molecule has 0 unspecified atom stereocenters. The molecule has 1 aromatic rings. The molecule has 2 heterocycles. The van der Waals surface area contributed by atoms with Crippen molar-refractivity contribution in [2.75, 3.05) is 26.3 Å². The van der Waals surface area contributed by atoms with E-state index in [0.29, 0.717) is 24.7 Å². The van der Waals surface area contributed by atoms with Crippen molar-refractivity contribution in [2.24, 2.45) is 5.92 Å². The Labute approximate surface area is 149 Å². The lowest BCUT2D eigenvalue weighted by Gasteiger charge is -2.33. The van der Waals surface area contributed by atoms with Gasteiger partial charge in [-0.05, 0) is 24.8 Å². The molecular formula is C20H27NO4. The van der Waals surface area contributed by atoms with Crippen molar-refractivity contribution in [1.82, 2.24) is 4.90 Å². The van der Waals surface area contributed by atoms with Crippen molar-refractivity contribution in [2.45, 2.75) is 45.3 Å². The molecule has 0 aliphatic carbocycles. The molecular weight excluding hydrogens is 318 g/mol. The third-order valence-corrected chi connectivity index (χ3v) is 5.17. The van der Waals surface area contributed by atoms with Crippen LogP contribution in [0.2, 0.25) is 0 Å². The van der Waals surface area contributed by atoms with Crippen molar-refractivity contribution in [1.29, 1.82) is 0 Å². The molecule has 3 rings (SSSR count). The number of carbonyl (C=O) groups is 2. The number of nitrogens with zero attached hydrogens (tertiary/aromatic N) is 1. The maximum Gasteiger partial charge on any atom is 0.223 e. The van der Waals surface area contributed by atoms with Crippen LogP contribution < -0.4 is 0 Å². The summed E-state index contributed by atoms with van der Waals surface area (Å²) >= 11 is 0. The number of ether oxygens (including phenoxy) is 2. The zero-order valence-electron chi connectivity index (χ0n) is 14.9. The number of ketones is 1. The van der Waals surface area contributed by atoms with Gasteiger partial charge in [0.05, 0.1) is 13.2 Å². The molecule has 2 aliphatic heterocycles. The quantitative estimate of drug-likeness (QED) is 0.744. The summed E-state index contributed by atoms with van der Waals surface area (Å²) < 4.78 is 11.1. The predicted octanol–water partition coefficient (Wildman–Crippen LogP) is 2.82. The van der Waals surface area contributed by atoms with Crippen molar-refractivity contribution in [3.63, 3.8) is 0 Å². The number of amides is 1. The average molecular weight is 345 g/mol. The summed E-state index contributed by atoms with van der Waals surface area (Å²) in [7, 11) is 0. The lowest BCUT2D eigenvalue weighted by atomic mass is 9.95. The van der Waals surface area contributed by atoms with Gasteiger partial charge in [0, 0.05) is 37.4 Å². The van der Waals surface area contributed by atoms with E-state index >= 15 is 0 Å². The Balaban J connectivity index is 1.42. The fourth-order valence-corrected chi connectivity index (χ4v) is 3.52. The Morgan fingerprint density at radius 1 is 1.04 bits per heavy atom. The first kappa shape index (κ1) is 18.1. The van der Waals surface area contributed by atoms with Crippen LogP contribution >= 0.6 is 0 Å². The first-order chi connectivity index (χ1) is 12.2. The summed E-state index contributed by atoms with van der Waals surface area (Å²) in [5.74, 6) is 0.495. The maximum atomic E-state index is 12.4. The molecule has 0 spiro atoms. The van der Waals surface area contributed by atoms with Crippen LogP contribution in [0.4, 0.5) is 0 Å². The number of carbonyl (C=O) groups excluding carboxylic acids is 2. The fourth-order valence-electron chi connectivity index (χ4n) is 3.52. The number of aryl methyl sites for hydroxylation is 1. The number of benzene rings is 1. The average Bonchev–Trinajstić information content (AvgIpc) is 3.21. The number of hydrogen-bond donors (Lipinski definition) is 0. The largest absolute Gasteiger partial charge is 0.350 e. The molecule has 1 aromatic carbocycles. The second kappa shape index (κ2) is 8.59. The smallest absolute Gasteiger partial charge is 0.223 e. The van der Waals surface area contributed by atoms with E-state index in [9.17, 15) is 9.59 Å². The van der Waals surface area contributed by atoms with Gasteiger partial charge in [0.2, 0.25) is 5.91 Å². The van der Waals surface area contributed by atoms with Crippen LogP contribution in [0, 0.1) is 5.92 Å². The number of likely N-dealkylation sites (tertiary alicyclic amines) is 1. The van der Waals surface area contributed by atoms with Gasteiger partial charge in [-0.15, -0.1) is 0 Å². The third-order valence-electron chi connectivity index (χ3n) is 5.17. The molecule has 0 aromatic heterocycles. The molecule has 2 fully saturated rings. The normalized spacial score (nSPS) is 19.3. The van der Waals surface area contributed by atoms with Crippen molar-refractivity contribution >= 4 is 11.7 Å². The Morgan fingerprint density at radius 2 is 1.68 bits per heavy atom. The van der Waals surface area contributed by atoms with E-state index in [1.54, 1.807) is 0 Å². The number of piperidine rings is 1. The maximum absolute atomic E-state index is 12.4. The summed E-state index contributed by atoms with van der Waals surface area (Å²) in [6, 6.07) is 7.68. The van der Waals surface area contributed by atoms with Crippen LogP contribution in [0.5, 0.6) is 0 Å². The van der Waals surface area contributed by atoms with Gasteiger partial charge in [-0.1, -0.05) is 31.2 Å². The second-order valence-corrected chi connectivity index (χ2v) is 6.80. The zero-order valence-corrected chi connectivity index (χ0v) is 14.9. The van der Waals surface area contributed by atoms with Crippen LogP contribution in [0.15, 0.2) is 24.3 Å². The van der Waals surface area contributed by atoms with Crippen LogP contribution in [-0.4, -0.2) is 49.2 Å². The van der Waals surface area contributed by atoms with Crippen LogP contribution in [0.25, 0.3) is 0 Å². The molecule has 5 nitrogen and oxygen atoms in total. The fraction of sp³-hybridized carbons (Fsp3) is 0.600.